The SMILES string of the molecule is N#Cc1ccc(-n2c3ccccc3c3cc(C(F)(F)F)ccc32)c(-c2cccc(C#N)c2-n2c3ccccc3c3cc(C(F)(F)F)ccc32)c1. The van der Waals surface area contributed by atoms with Gasteiger partial charge >= 0.3 is 12.4 Å². The van der Waals surface area contributed by atoms with Gasteiger partial charge in [0.1, 0.15) is 6.07 Å². The van der Waals surface area contributed by atoms with Crippen molar-refractivity contribution in [1.29, 1.82) is 10.5 Å². The summed E-state index contributed by atoms with van der Waals surface area (Å²) in [6.07, 6.45) is -9.14. The molecule has 10 heteroatoms. The van der Waals surface area contributed by atoms with Gasteiger partial charge in [0.2, 0.25) is 0 Å². The molecule has 0 bridgehead atoms. The second-order valence-electron chi connectivity index (χ2n) is 11.8. The summed E-state index contributed by atoms with van der Waals surface area (Å²) in [5, 5.41) is 22.3. The molecular formula is C40H20F6N4. The van der Waals surface area contributed by atoms with Gasteiger partial charge in [0.15, 0.2) is 0 Å². The Hall–Kier alpha value is -6.52. The van der Waals surface area contributed by atoms with Crippen molar-refractivity contribution < 1.29 is 26.3 Å². The van der Waals surface area contributed by atoms with Crippen molar-refractivity contribution >= 4 is 43.6 Å². The molecule has 50 heavy (non-hydrogen) atoms. The van der Waals surface area contributed by atoms with Crippen LogP contribution < -0.4 is 0 Å². The van der Waals surface area contributed by atoms with Gasteiger partial charge in [0, 0.05) is 32.7 Å². The van der Waals surface area contributed by atoms with E-state index in [0.29, 0.717) is 66.1 Å². The highest BCUT2D eigenvalue weighted by molar-refractivity contribution is 6.12. The molecule has 0 amide bonds. The van der Waals surface area contributed by atoms with Crippen LogP contribution >= 0.6 is 0 Å². The minimum absolute atomic E-state index is 0.218. The summed E-state index contributed by atoms with van der Waals surface area (Å²) in [6.45, 7) is 0. The smallest absolute Gasteiger partial charge is 0.309 e. The molecule has 0 saturated carbocycles. The highest BCUT2D eigenvalue weighted by Gasteiger charge is 2.33. The number of hydrogen-bond acceptors (Lipinski definition) is 2. The minimum Gasteiger partial charge on any atom is -0.309 e. The molecule has 2 heterocycles. The van der Waals surface area contributed by atoms with E-state index in [9.17, 15) is 36.9 Å². The fourth-order valence-electron chi connectivity index (χ4n) is 6.91. The first-order valence-corrected chi connectivity index (χ1v) is 15.3. The average Bonchev–Trinajstić information content (AvgIpc) is 3.62. The van der Waals surface area contributed by atoms with Crippen molar-refractivity contribution in [2.45, 2.75) is 12.4 Å². The van der Waals surface area contributed by atoms with Crippen LogP contribution in [0.25, 0.3) is 66.1 Å². The van der Waals surface area contributed by atoms with E-state index < -0.39 is 23.5 Å². The molecule has 0 aliphatic rings. The summed E-state index contributed by atoms with van der Waals surface area (Å²) < 4.78 is 86.7. The van der Waals surface area contributed by atoms with Crippen molar-refractivity contribution in [3.8, 4) is 34.6 Å². The number of hydrogen-bond donors (Lipinski definition) is 0. The highest BCUT2D eigenvalue weighted by atomic mass is 19.4. The van der Waals surface area contributed by atoms with Gasteiger partial charge in [-0.1, -0.05) is 48.5 Å². The fourth-order valence-corrected chi connectivity index (χ4v) is 6.91. The molecule has 0 radical (unpaired) electrons. The number of halogens is 6. The minimum atomic E-state index is -4.58. The quantitative estimate of drug-likeness (QED) is 0.176. The highest BCUT2D eigenvalue weighted by Crippen LogP contribution is 2.44. The zero-order valence-electron chi connectivity index (χ0n) is 25.6. The summed E-state index contributed by atoms with van der Waals surface area (Å²) in [6, 6.07) is 35.5. The summed E-state index contributed by atoms with van der Waals surface area (Å²) in [4.78, 5) is 0. The maximum absolute atomic E-state index is 13.9. The normalized spacial score (nSPS) is 12.2. The lowest BCUT2D eigenvalue weighted by atomic mass is 9.96. The van der Waals surface area contributed by atoms with E-state index in [1.54, 1.807) is 89.5 Å². The zero-order valence-corrected chi connectivity index (χ0v) is 25.6. The Morgan fingerprint density at radius 2 is 1.00 bits per heavy atom. The van der Waals surface area contributed by atoms with E-state index in [-0.39, 0.29) is 11.1 Å². The van der Waals surface area contributed by atoms with E-state index in [1.165, 1.54) is 12.1 Å². The molecule has 0 aliphatic carbocycles. The molecule has 0 aliphatic heterocycles. The molecule has 0 unspecified atom stereocenters. The lowest BCUT2D eigenvalue weighted by molar-refractivity contribution is -0.138. The predicted molar refractivity (Wildman–Crippen MR) is 180 cm³/mol. The van der Waals surface area contributed by atoms with Crippen molar-refractivity contribution in [1.82, 2.24) is 9.13 Å². The summed E-state index contributed by atoms with van der Waals surface area (Å²) >= 11 is 0. The van der Waals surface area contributed by atoms with Crippen LogP contribution in [-0.2, 0) is 12.4 Å². The molecule has 8 rings (SSSR count). The molecule has 2 aromatic heterocycles. The van der Waals surface area contributed by atoms with Crippen LogP contribution in [0, 0.1) is 22.7 Å². The first-order chi connectivity index (χ1) is 24.0. The Balaban J connectivity index is 1.49. The van der Waals surface area contributed by atoms with Gasteiger partial charge in [0.25, 0.3) is 0 Å². The van der Waals surface area contributed by atoms with Gasteiger partial charge in [-0.3, -0.25) is 0 Å². The van der Waals surface area contributed by atoms with Crippen molar-refractivity contribution in [3.05, 3.63) is 144 Å². The van der Waals surface area contributed by atoms with Crippen LogP contribution in [0.3, 0.4) is 0 Å². The van der Waals surface area contributed by atoms with Crippen LogP contribution in [0.4, 0.5) is 26.3 Å². The molecule has 0 N–H and O–H groups in total. The van der Waals surface area contributed by atoms with E-state index in [0.717, 1.165) is 24.3 Å². The molecule has 242 valence electrons. The topological polar surface area (TPSA) is 57.4 Å². The number of alkyl halides is 6. The van der Waals surface area contributed by atoms with Crippen LogP contribution in [-0.4, -0.2) is 9.13 Å². The third-order valence-corrected chi connectivity index (χ3v) is 9.04. The third kappa shape index (κ3) is 4.68. The first-order valence-electron chi connectivity index (χ1n) is 15.3. The Bertz CT molecular complexity index is 2770. The number of aromatic nitrogens is 2. The summed E-state index contributed by atoms with van der Waals surface area (Å²) in [5.74, 6) is 0. The maximum atomic E-state index is 13.9. The standard InChI is InChI=1S/C40H20F6N4/c41-39(42,43)25-13-16-36-31(19-25)27-7-1-3-10-33(27)49(36)35-15-12-23(21-47)18-30(35)29-9-5-6-24(22-48)38(29)50-34-11-4-2-8-28(34)32-20-26(40(44,45)46)14-17-37(32)50/h1-20H. The lowest BCUT2D eigenvalue weighted by Gasteiger charge is -2.20. The fraction of sp³-hybridized carbons (Fsp3) is 0.0500. The van der Waals surface area contributed by atoms with Crippen molar-refractivity contribution in [2.75, 3.05) is 0 Å². The van der Waals surface area contributed by atoms with Crippen LogP contribution in [0.1, 0.15) is 22.3 Å². The molecule has 0 spiro atoms. The number of para-hydroxylation sites is 3. The lowest BCUT2D eigenvalue weighted by Crippen LogP contribution is -2.06. The third-order valence-electron chi connectivity index (χ3n) is 9.04. The van der Waals surface area contributed by atoms with Crippen molar-refractivity contribution in [3.63, 3.8) is 0 Å². The Morgan fingerprint density at radius 1 is 0.460 bits per heavy atom. The summed E-state index contributed by atoms with van der Waals surface area (Å²) in [7, 11) is 0. The number of nitriles is 2. The molecule has 8 aromatic rings. The van der Waals surface area contributed by atoms with Crippen molar-refractivity contribution in [2.24, 2.45) is 0 Å². The first kappa shape index (κ1) is 30.8. The second kappa shape index (κ2) is 11.0. The van der Waals surface area contributed by atoms with Gasteiger partial charge in [-0.25, -0.2) is 0 Å². The van der Waals surface area contributed by atoms with E-state index in [2.05, 4.69) is 12.1 Å². The van der Waals surface area contributed by atoms with Gasteiger partial charge in [-0.2, -0.15) is 36.9 Å². The monoisotopic (exact) mass is 670 g/mol. The van der Waals surface area contributed by atoms with E-state index in [1.807, 2.05) is 4.57 Å². The van der Waals surface area contributed by atoms with Gasteiger partial charge < -0.3 is 9.13 Å². The zero-order chi connectivity index (χ0) is 34.9. The Kier molecular flexibility index (Phi) is 6.78. The number of fused-ring (bicyclic) bond motifs is 6. The number of nitrogens with zero attached hydrogens (tertiary/aromatic N) is 4. The molecule has 4 nitrogen and oxygen atoms in total. The summed E-state index contributed by atoms with van der Waals surface area (Å²) in [5.41, 5.74) is 2.84. The van der Waals surface area contributed by atoms with E-state index in [4.69, 9.17) is 0 Å². The Morgan fingerprint density at radius 3 is 1.56 bits per heavy atom. The average molecular weight is 671 g/mol. The maximum Gasteiger partial charge on any atom is 0.416 e. The number of benzene rings is 6. The van der Waals surface area contributed by atoms with Crippen LogP contribution in [0.2, 0.25) is 0 Å². The molecule has 6 aromatic carbocycles. The second-order valence-corrected chi connectivity index (χ2v) is 11.8. The largest absolute Gasteiger partial charge is 0.416 e. The Labute approximate surface area is 279 Å². The van der Waals surface area contributed by atoms with E-state index >= 15 is 0 Å². The predicted octanol–water partition coefficient (Wildman–Crippen LogP) is 11.3. The molecule has 0 fully saturated rings. The van der Waals surface area contributed by atoms with Gasteiger partial charge in [-0.15, -0.1) is 0 Å². The van der Waals surface area contributed by atoms with Gasteiger partial charge in [0.05, 0.1) is 61.8 Å². The molecule has 0 atom stereocenters. The van der Waals surface area contributed by atoms with Crippen LogP contribution in [0.5, 0.6) is 0 Å². The van der Waals surface area contributed by atoms with Gasteiger partial charge in [-0.05, 0) is 72.8 Å². The van der Waals surface area contributed by atoms with Crippen LogP contribution in [0.15, 0.2) is 121 Å². The number of rotatable bonds is 3. The molecule has 0 saturated heterocycles. The molecular weight excluding hydrogens is 650 g/mol.